The zero-order valence-corrected chi connectivity index (χ0v) is 14.0. The zero-order chi connectivity index (χ0) is 15.7. The summed E-state index contributed by atoms with van der Waals surface area (Å²) in [6, 6.07) is 8.43. The number of ether oxygens (including phenoxy) is 2. The highest BCUT2D eigenvalue weighted by Gasteiger charge is 2.46. The first-order chi connectivity index (χ1) is 11.3. The van der Waals surface area contributed by atoms with Gasteiger partial charge in [-0.25, -0.2) is 4.98 Å². The van der Waals surface area contributed by atoms with Gasteiger partial charge < -0.3 is 19.7 Å². The molecule has 122 valence electrons. The van der Waals surface area contributed by atoms with E-state index in [1.807, 2.05) is 23.7 Å². The number of benzene rings is 1. The maximum absolute atomic E-state index is 6.21. The van der Waals surface area contributed by atoms with Gasteiger partial charge in [0, 0.05) is 36.8 Å². The van der Waals surface area contributed by atoms with E-state index >= 15 is 0 Å². The van der Waals surface area contributed by atoms with Crippen LogP contribution in [0.5, 0.6) is 5.75 Å². The molecule has 0 saturated carbocycles. The zero-order valence-electron chi connectivity index (χ0n) is 13.2. The van der Waals surface area contributed by atoms with Gasteiger partial charge in [0.25, 0.3) is 0 Å². The lowest BCUT2D eigenvalue weighted by Crippen LogP contribution is -2.33. The van der Waals surface area contributed by atoms with Gasteiger partial charge in [-0.05, 0) is 30.7 Å². The van der Waals surface area contributed by atoms with Crippen molar-refractivity contribution >= 4 is 22.2 Å². The molecule has 23 heavy (non-hydrogen) atoms. The largest absolute Gasteiger partial charge is 0.497 e. The number of hydrogen-bond donors (Lipinski definition) is 1. The Balaban J connectivity index is 1.37. The third kappa shape index (κ3) is 3.01. The summed E-state index contributed by atoms with van der Waals surface area (Å²) in [7, 11) is 1.69. The van der Waals surface area contributed by atoms with E-state index in [-0.39, 0.29) is 5.60 Å². The van der Waals surface area contributed by atoms with Gasteiger partial charge >= 0.3 is 0 Å². The predicted molar refractivity (Wildman–Crippen MR) is 92.6 cm³/mol. The van der Waals surface area contributed by atoms with Crippen LogP contribution in [0.2, 0.25) is 0 Å². The second-order valence-corrected chi connectivity index (χ2v) is 7.13. The summed E-state index contributed by atoms with van der Waals surface area (Å²) in [5, 5.41) is 6.72. The maximum atomic E-state index is 6.21. The summed E-state index contributed by atoms with van der Waals surface area (Å²) < 4.78 is 11.4. The van der Waals surface area contributed by atoms with Crippen LogP contribution in [0.3, 0.4) is 0 Å². The van der Waals surface area contributed by atoms with Crippen molar-refractivity contribution in [3.63, 3.8) is 0 Å². The highest BCUT2D eigenvalue weighted by Crippen LogP contribution is 2.38. The highest BCUT2D eigenvalue weighted by molar-refractivity contribution is 7.13. The predicted octanol–water partition coefficient (Wildman–Crippen LogP) is 3.00. The molecule has 1 aromatic heterocycles. The molecule has 0 aliphatic carbocycles. The first-order valence-electron chi connectivity index (χ1n) is 7.95. The number of rotatable bonds is 4. The molecule has 0 amide bonds. The number of nitrogens with zero attached hydrogens (tertiary/aromatic N) is 2. The summed E-state index contributed by atoms with van der Waals surface area (Å²) in [6.45, 7) is 2.74. The smallest absolute Gasteiger partial charge is 0.185 e. The number of methoxy groups -OCH3 is 1. The van der Waals surface area contributed by atoms with Gasteiger partial charge in [-0.1, -0.05) is 0 Å². The quantitative estimate of drug-likeness (QED) is 0.933. The van der Waals surface area contributed by atoms with Gasteiger partial charge in [0.1, 0.15) is 5.75 Å². The van der Waals surface area contributed by atoms with Crippen molar-refractivity contribution in [2.24, 2.45) is 0 Å². The molecule has 0 unspecified atom stereocenters. The Morgan fingerprint density at radius 2 is 2.26 bits per heavy atom. The minimum atomic E-state index is -0.0180. The van der Waals surface area contributed by atoms with Gasteiger partial charge in [0.2, 0.25) is 0 Å². The van der Waals surface area contributed by atoms with Crippen LogP contribution >= 0.6 is 11.3 Å². The van der Waals surface area contributed by atoms with Crippen LogP contribution < -0.4 is 15.0 Å². The van der Waals surface area contributed by atoms with Gasteiger partial charge in [0.15, 0.2) is 5.13 Å². The third-order valence-corrected chi connectivity index (χ3v) is 5.51. The summed E-state index contributed by atoms with van der Waals surface area (Å²) >= 11 is 1.70. The summed E-state index contributed by atoms with van der Waals surface area (Å²) in [5.74, 6) is 0.879. The topological polar surface area (TPSA) is 46.6 Å². The lowest BCUT2D eigenvalue weighted by molar-refractivity contribution is 0.0229. The Hall–Kier alpha value is -1.79. The minimum absolute atomic E-state index is 0.0180. The van der Waals surface area contributed by atoms with Crippen molar-refractivity contribution in [2.45, 2.75) is 24.5 Å². The summed E-state index contributed by atoms with van der Waals surface area (Å²) in [5.41, 5.74) is 1.10. The van der Waals surface area contributed by atoms with Crippen molar-refractivity contribution in [2.75, 3.05) is 37.0 Å². The van der Waals surface area contributed by atoms with Crippen LogP contribution in [-0.4, -0.2) is 43.4 Å². The fraction of sp³-hybridized carbons (Fsp3) is 0.471. The Labute approximate surface area is 140 Å². The second kappa shape index (κ2) is 6.02. The molecule has 3 heterocycles. The molecule has 2 aromatic rings. The Bertz CT molecular complexity index is 646. The molecular formula is C17H21N3O2S. The molecule has 0 bridgehead atoms. The summed E-state index contributed by atoms with van der Waals surface area (Å²) in [4.78, 5) is 6.76. The first-order valence-corrected chi connectivity index (χ1v) is 8.83. The molecule has 2 aliphatic heterocycles. The minimum Gasteiger partial charge on any atom is -0.497 e. The van der Waals surface area contributed by atoms with E-state index in [0.29, 0.717) is 6.04 Å². The second-order valence-electron chi connectivity index (χ2n) is 6.25. The van der Waals surface area contributed by atoms with Crippen LogP contribution in [0.4, 0.5) is 10.8 Å². The van der Waals surface area contributed by atoms with Gasteiger partial charge in [-0.2, -0.15) is 0 Å². The summed E-state index contributed by atoms with van der Waals surface area (Å²) in [6.07, 6.45) is 3.99. The number of hydrogen-bond acceptors (Lipinski definition) is 6. The third-order valence-electron chi connectivity index (χ3n) is 4.68. The number of nitrogens with one attached hydrogen (secondary N) is 1. The van der Waals surface area contributed by atoms with Crippen LogP contribution in [0, 0.1) is 0 Å². The molecule has 6 heteroatoms. The number of thiazole rings is 1. The molecule has 1 spiro atoms. The maximum Gasteiger partial charge on any atom is 0.185 e. The molecule has 2 aliphatic rings. The van der Waals surface area contributed by atoms with Crippen LogP contribution in [-0.2, 0) is 4.74 Å². The Morgan fingerprint density at radius 3 is 3.00 bits per heavy atom. The van der Waals surface area contributed by atoms with Crippen molar-refractivity contribution in [1.29, 1.82) is 0 Å². The number of anilines is 2. The molecule has 5 nitrogen and oxygen atoms in total. The van der Waals surface area contributed by atoms with Crippen molar-refractivity contribution in [3.05, 3.63) is 35.8 Å². The van der Waals surface area contributed by atoms with Crippen molar-refractivity contribution in [1.82, 2.24) is 4.98 Å². The van der Waals surface area contributed by atoms with Crippen molar-refractivity contribution in [3.8, 4) is 5.75 Å². The molecule has 2 fully saturated rings. The molecule has 4 rings (SSSR count). The van der Waals surface area contributed by atoms with Gasteiger partial charge in [-0.15, -0.1) is 11.3 Å². The monoisotopic (exact) mass is 331 g/mol. The molecule has 2 atom stereocenters. The molecule has 2 saturated heterocycles. The van der Waals surface area contributed by atoms with E-state index in [1.165, 1.54) is 0 Å². The van der Waals surface area contributed by atoms with E-state index in [2.05, 4.69) is 27.3 Å². The fourth-order valence-corrected chi connectivity index (χ4v) is 4.19. The van der Waals surface area contributed by atoms with E-state index in [1.54, 1.807) is 18.4 Å². The van der Waals surface area contributed by atoms with E-state index < -0.39 is 0 Å². The molecule has 1 N–H and O–H groups in total. The average molecular weight is 331 g/mol. The van der Waals surface area contributed by atoms with Crippen LogP contribution in [0.15, 0.2) is 35.8 Å². The molecular weight excluding hydrogens is 310 g/mol. The Morgan fingerprint density at radius 1 is 1.39 bits per heavy atom. The average Bonchev–Trinajstić information content (AvgIpc) is 3.31. The van der Waals surface area contributed by atoms with E-state index in [9.17, 15) is 0 Å². The van der Waals surface area contributed by atoms with Gasteiger partial charge in [0.05, 0.1) is 25.4 Å². The van der Waals surface area contributed by atoms with Crippen LogP contribution in [0.25, 0.3) is 0 Å². The van der Waals surface area contributed by atoms with E-state index in [4.69, 9.17) is 9.47 Å². The molecule has 0 radical (unpaired) electrons. The first kappa shape index (κ1) is 14.8. The SMILES string of the molecule is COc1ccc(N[C@H]2CO[C@]3(CCN(c4nccs4)C3)C2)cc1. The van der Waals surface area contributed by atoms with Gasteiger partial charge in [-0.3, -0.25) is 0 Å². The standard InChI is InChI=1S/C17H21N3O2S/c1-21-15-4-2-13(3-5-15)19-14-10-17(22-11-14)6-8-20(12-17)16-18-7-9-23-16/h2-5,7,9,14,19H,6,8,10-12H2,1H3/t14-,17-/m1/s1. The lowest BCUT2D eigenvalue weighted by atomic mass is 9.97. The number of aromatic nitrogens is 1. The van der Waals surface area contributed by atoms with Crippen LogP contribution in [0.1, 0.15) is 12.8 Å². The van der Waals surface area contributed by atoms with Crippen molar-refractivity contribution < 1.29 is 9.47 Å². The normalized spacial score (nSPS) is 26.8. The lowest BCUT2D eigenvalue weighted by Gasteiger charge is -2.23. The highest BCUT2D eigenvalue weighted by atomic mass is 32.1. The fourth-order valence-electron chi connectivity index (χ4n) is 3.52. The Kier molecular flexibility index (Phi) is 3.87. The molecule has 1 aromatic carbocycles. The van der Waals surface area contributed by atoms with E-state index in [0.717, 1.165) is 49.1 Å².